The largest absolute Gasteiger partial charge is 0.454 e. The Morgan fingerprint density at radius 1 is 1.17 bits per heavy atom. The van der Waals surface area contributed by atoms with Crippen molar-refractivity contribution >= 4 is 11.8 Å². The highest BCUT2D eigenvalue weighted by molar-refractivity contribution is 5.92. The maximum absolute atomic E-state index is 13.0. The molecular weight excluding hydrogens is 458 g/mol. The highest BCUT2D eigenvalue weighted by Gasteiger charge is 2.24. The van der Waals surface area contributed by atoms with Crippen molar-refractivity contribution in [2.75, 3.05) is 13.3 Å². The van der Waals surface area contributed by atoms with Crippen LogP contribution in [-0.2, 0) is 44.2 Å². The molecule has 2 aliphatic rings. The quantitative estimate of drug-likeness (QED) is 0.548. The van der Waals surface area contributed by atoms with Gasteiger partial charge in [0.25, 0.3) is 5.91 Å². The van der Waals surface area contributed by atoms with Crippen LogP contribution in [0.5, 0.6) is 11.5 Å². The van der Waals surface area contributed by atoms with E-state index in [1.807, 2.05) is 49.2 Å². The zero-order valence-electron chi connectivity index (χ0n) is 21.0. The van der Waals surface area contributed by atoms with E-state index in [1.54, 1.807) is 11.7 Å². The van der Waals surface area contributed by atoms with E-state index < -0.39 is 0 Å². The minimum atomic E-state index is -0.155. The Morgan fingerprint density at radius 3 is 2.81 bits per heavy atom. The summed E-state index contributed by atoms with van der Waals surface area (Å²) in [6.45, 7) is 5.80. The van der Waals surface area contributed by atoms with Crippen molar-refractivity contribution in [1.82, 2.24) is 25.0 Å². The number of amides is 2. The van der Waals surface area contributed by atoms with Crippen molar-refractivity contribution in [1.29, 1.82) is 0 Å². The number of hydrogen-bond acceptors (Lipinski definition) is 6. The second-order valence-corrected chi connectivity index (χ2v) is 9.26. The van der Waals surface area contributed by atoms with Gasteiger partial charge in [-0.2, -0.15) is 5.10 Å². The van der Waals surface area contributed by atoms with Gasteiger partial charge in [0.15, 0.2) is 11.5 Å². The summed E-state index contributed by atoms with van der Waals surface area (Å²) >= 11 is 0. The molecule has 0 saturated carbocycles. The zero-order valence-corrected chi connectivity index (χ0v) is 21.0. The molecule has 0 atom stereocenters. The predicted octanol–water partition coefficient (Wildman–Crippen LogP) is 2.86. The SMILES string of the molecule is CCc1cc(C(=O)NCc2c(C)ncc3c2CCN(C(=O)CCc2ccc4c(c2)OCO4)C3)n(C)n1. The number of carbonyl (C=O) groups is 2. The third kappa shape index (κ3) is 4.78. The molecule has 0 aliphatic carbocycles. The van der Waals surface area contributed by atoms with Crippen molar-refractivity contribution in [3.05, 3.63) is 69.8 Å². The highest BCUT2D eigenvalue weighted by Crippen LogP contribution is 2.33. The Balaban J connectivity index is 1.22. The fourth-order valence-electron chi connectivity index (χ4n) is 4.85. The number of ether oxygens (including phenoxy) is 2. The van der Waals surface area contributed by atoms with Gasteiger partial charge >= 0.3 is 0 Å². The van der Waals surface area contributed by atoms with E-state index in [-0.39, 0.29) is 18.6 Å². The van der Waals surface area contributed by atoms with E-state index in [0.29, 0.717) is 38.2 Å². The molecule has 0 saturated heterocycles. The summed E-state index contributed by atoms with van der Waals surface area (Å²) in [5.74, 6) is 1.45. The van der Waals surface area contributed by atoms with Crippen LogP contribution in [0.25, 0.3) is 0 Å². The molecule has 9 nitrogen and oxygen atoms in total. The first-order chi connectivity index (χ1) is 17.4. The van der Waals surface area contributed by atoms with Gasteiger partial charge in [-0.1, -0.05) is 13.0 Å². The van der Waals surface area contributed by atoms with Crippen LogP contribution < -0.4 is 14.8 Å². The standard InChI is InChI=1S/C27H31N5O4/c1-4-20-12-23(31(3)30-20)27(34)29-14-22-17(2)28-13-19-15-32(10-9-21(19)22)26(33)8-6-18-5-7-24-25(11-18)36-16-35-24/h5,7,11-13H,4,6,8-10,14-16H2,1-3H3,(H,29,34). The van der Waals surface area contributed by atoms with Crippen LogP contribution in [0.1, 0.15) is 57.5 Å². The topological polar surface area (TPSA) is 98.6 Å². The molecule has 5 rings (SSSR count). The first-order valence-corrected chi connectivity index (χ1v) is 12.4. The van der Waals surface area contributed by atoms with Crippen LogP contribution >= 0.6 is 0 Å². The summed E-state index contributed by atoms with van der Waals surface area (Å²) in [5.41, 5.74) is 6.65. The molecule has 4 heterocycles. The van der Waals surface area contributed by atoms with E-state index >= 15 is 0 Å². The van der Waals surface area contributed by atoms with Gasteiger partial charge in [-0.25, -0.2) is 0 Å². The number of pyridine rings is 1. The molecule has 2 aliphatic heterocycles. The van der Waals surface area contributed by atoms with Gasteiger partial charge in [0, 0.05) is 45.0 Å². The molecule has 188 valence electrons. The van der Waals surface area contributed by atoms with Gasteiger partial charge in [-0.15, -0.1) is 0 Å². The average molecular weight is 490 g/mol. The molecule has 2 aromatic heterocycles. The fraction of sp³-hybridized carbons (Fsp3) is 0.407. The van der Waals surface area contributed by atoms with Gasteiger partial charge in [0.2, 0.25) is 12.7 Å². The lowest BCUT2D eigenvalue weighted by Crippen LogP contribution is -2.37. The number of benzene rings is 1. The van der Waals surface area contributed by atoms with Crippen LogP contribution in [0.3, 0.4) is 0 Å². The Labute approximate surface area is 210 Å². The lowest BCUT2D eigenvalue weighted by molar-refractivity contribution is -0.132. The van der Waals surface area contributed by atoms with Crippen LogP contribution in [-0.4, -0.2) is 44.8 Å². The van der Waals surface area contributed by atoms with Gasteiger partial charge < -0.3 is 19.7 Å². The second kappa shape index (κ2) is 10.0. The molecular formula is C27H31N5O4. The lowest BCUT2D eigenvalue weighted by Gasteiger charge is -2.30. The summed E-state index contributed by atoms with van der Waals surface area (Å²) < 4.78 is 12.4. The number of nitrogens with zero attached hydrogens (tertiary/aromatic N) is 4. The molecule has 1 aromatic carbocycles. The fourth-order valence-corrected chi connectivity index (χ4v) is 4.85. The smallest absolute Gasteiger partial charge is 0.269 e. The Hall–Kier alpha value is -3.88. The number of carbonyl (C=O) groups excluding carboxylic acids is 2. The Morgan fingerprint density at radius 2 is 2.00 bits per heavy atom. The predicted molar refractivity (Wildman–Crippen MR) is 133 cm³/mol. The summed E-state index contributed by atoms with van der Waals surface area (Å²) in [7, 11) is 1.78. The number of rotatable bonds is 7. The molecule has 3 aromatic rings. The van der Waals surface area contributed by atoms with Gasteiger partial charge in [0.1, 0.15) is 5.69 Å². The monoisotopic (exact) mass is 489 g/mol. The molecule has 9 heteroatoms. The van der Waals surface area contributed by atoms with Crippen LogP contribution in [0.4, 0.5) is 0 Å². The summed E-state index contributed by atoms with van der Waals surface area (Å²) in [6, 6.07) is 7.65. The molecule has 0 unspecified atom stereocenters. The van der Waals surface area contributed by atoms with Crippen molar-refractivity contribution in [3.8, 4) is 11.5 Å². The van der Waals surface area contributed by atoms with Crippen molar-refractivity contribution < 1.29 is 19.1 Å². The maximum atomic E-state index is 13.0. The third-order valence-electron chi connectivity index (χ3n) is 6.96. The number of hydrogen-bond donors (Lipinski definition) is 1. The average Bonchev–Trinajstić information content (AvgIpc) is 3.52. The molecule has 0 spiro atoms. The number of fused-ring (bicyclic) bond motifs is 2. The van der Waals surface area contributed by atoms with Crippen molar-refractivity contribution in [3.63, 3.8) is 0 Å². The summed E-state index contributed by atoms with van der Waals surface area (Å²) in [4.78, 5) is 32.2. The molecule has 1 N–H and O–H groups in total. The third-order valence-corrected chi connectivity index (χ3v) is 6.96. The second-order valence-electron chi connectivity index (χ2n) is 9.26. The normalized spacial score (nSPS) is 14.0. The zero-order chi connectivity index (χ0) is 25.2. The van der Waals surface area contributed by atoms with Crippen LogP contribution in [0.15, 0.2) is 30.5 Å². The van der Waals surface area contributed by atoms with Crippen molar-refractivity contribution in [2.24, 2.45) is 7.05 Å². The van der Waals surface area contributed by atoms with E-state index in [0.717, 1.165) is 52.4 Å². The first-order valence-electron chi connectivity index (χ1n) is 12.4. The minimum absolute atomic E-state index is 0.122. The molecule has 0 bridgehead atoms. The van der Waals surface area contributed by atoms with Crippen LogP contribution in [0.2, 0.25) is 0 Å². The van der Waals surface area contributed by atoms with Gasteiger partial charge in [-0.05, 0) is 66.6 Å². The lowest BCUT2D eigenvalue weighted by atomic mass is 9.94. The molecule has 0 fully saturated rings. The van der Waals surface area contributed by atoms with Crippen LogP contribution in [0, 0.1) is 6.92 Å². The number of aryl methyl sites for hydroxylation is 4. The summed E-state index contributed by atoms with van der Waals surface area (Å²) in [6.07, 6.45) is 4.47. The number of nitrogens with one attached hydrogen (secondary N) is 1. The number of aromatic nitrogens is 3. The first kappa shape index (κ1) is 23.8. The van der Waals surface area contributed by atoms with E-state index in [2.05, 4.69) is 15.4 Å². The molecule has 2 amide bonds. The summed E-state index contributed by atoms with van der Waals surface area (Å²) in [5, 5.41) is 7.40. The van der Waals surface area contributed by atoms with E-state index in [1.165, 1.54) is 5.56 Å². The minimum Gasteiger partial charge on any atom is -0.454 e. The van der Waals surface area contributed by atoms with E-state index in [9.17, 15) is 9.59 Å². The molecule has 0 radical (unpaired) electrons. The van der Waals surface area contributed by atoms with E-state index in [4.69, 9.17) is 9.47 Å². The highest BCUT2D eigenvalue weighted by atomic mass is 16.7. The molecule has 36 heavy (non-hydrogen) atoms. The Bertz CT molecular complexity index is 1320. The maximum Gasteiger partial charge on any atom is 0.269 e. The Kier molecular flexibility index (Phi) is 6.63. The van der Waals surface area contributed by atoms with Crippen molar-refractivity contribution in [2.45, 2.75) is 52.6 Å². The van der Waals surface area contributed by atoms with Gasteiger partial charge in [-0.3, -0.25) is 19.3 Å². The van der Waals surface area contributed by atoms with Gasteiger partial charge in [0.05, 0.1) is 5.69 Å².